The molecule has 2 aromatic rings. The topological polar surface area (TPSA) is 82.3 Å². The van der Waals surface area contributed by atoms with Crippen LogP contribution >= 0.6 is 23.2 Å². The SMILES string of the molecule is COc1ccc(/C=C(\C#N)C(=O)Nc2ccc(Cl)c(Cl)c2)c(O)c1. The molecule has 0 spiro atoms. The van der Waals surface area contributed by atoms with Crippen LogP contribution in [0.5, 0.6) is 11.5 Å². The highest BCUT2D eigenvalue weighted by Gasteiger charge is 2.12. The molecule has 0 bridgehead atoms. The Kier molecular flexibility index (Phi) is 5.69. The molecule has 0 fully saturated rings. The number of phenols is 1. The van der Waals surface area contributed by atoms with E-state index < -0.39 is 5.91 Å². The van der Waals surface area contributed by atoms with Crippen molar-refractivity contribution >= 4 is 40.9 Å². The van der Waals surface area contributed by atoms with Crippen molar-refractivity contribution in [3.63, 3.8) is 0 Å². The summed E-state index contributed by atoms with van der Waals surface area (Å²) in [5, 5.41) is 22.3. The molecular weight excluding hydrogens is 351 g/mol. The van der Waals surface area contributed by atoms with E-state index in [4.69, 9.17) is 27.9 Å². The van der Waals surface area contributed by atoms with Gasteiger partial charge in [0, 0.05) is 17.3 Å². The number of methoxy groups -OCH3 is 1. The highest BCUT2D eigenvalue weighted by atomic mass is 35.5. The summed E-state index contributed by atoms with van der Waals surface area (Å²) in [6, 6.07) is 10.9. The molecule has 1 amide bonds. The number of nitrogens with zero attached hydrogens (tertiary/aromatic N) is 1. The monoisotopic (exact) mass is 362 g/mol. The van der Waals surface area contributed by atoms with Crippen LogP contribution in [-0.4, -0.2) is 18.1 Å². The molecule has 0 aromatic heterocycles. The average molecular weight is 363 g/mol. The molecule has 0 aliphatic heterocycles. The number of nitriles is 1. The Morgan fingerprint density at radius 3 is 2.58 bits per heavy atom. The Morgan fingerprint density at radius 2 is 2.00 bits per heavy atom. The van der Waals surface area contributed by atoms with E-state index in [2.05, 4.69) is 5.32 Å². The van der Waals surface area contributed by atoms with Gasteiger partial charge in [-0.25, -0.2) is 0 Å². The molecule has 0 aliphatic rings. The van der Waals surface area contributed by atoms with Gasteiger partial charge in [0.05, 0.1) is 17.2 Å². The molecule has 0 unspecified atom stereocenters. The molecule has 7 heteroatoms. The standard InChI is InChI=1S/C17H12Cl2N2O3/c1-24-13-4-2-10(16(22)8-13)6-11(9-20)17(23)21-12-3-5-14(18)15(19)7-12/h2-8,22H,1H3,(H,21,23)/b11-6+. The van der Waals surface area contributed by atoms with Crippen LogP contribution in [0.4, 0.5) is 5.69 Å². The van der Waals surface area contributed by atoms with Crippen molar-refractivity contribution in [3.05, 3.63) is 57.6 Å². The lowest BCUT2D eigenvalue weighted by molar-refractivity contribution is -0.112. The third kappa shape index (κ3) is 4.19. The molecule has 2 aromatic carbocycles. The van der Waals surface area contributed by atoms with Crippen LogP contribution in [0.2, 0.25) is 10.0 Å². The van der Waals surface area contributed by atoms with Crippen LogP contribution in [0.25, 0.3) is 6.08 Å². The van der Waals surface area contributed by atoms with E-state index in [0.29, 0.717) is 22.0 Å². The van der Waals surface area contributed by atoms with Gasteiger partial charge in [-0.3, -0.25) is 4.79 Å². The van der Waals surface area contributed by atoms with E-state index in [1.807, 2.05) is 0 Å². The first kappa shape index (κ1) is 17.7. The van der Waals surface area contributed by atoms with Crippen molar-refractivity contribution in [2.24, 2.45) is 0 Å². The third-order valence-corrected chi connectivity index (χ3v) is 3.82. The van der Waals surface area contributed by atoms with Gasteiger partial charge < -0.3 is 15.2 Å². The predicted octanol–water partition coefficient (Wildman–Crippen LogP) is 4.25. The minimum absolute atomic E-state index is 0.107. The molecule has 0 heterocycles. The summed E-state index contributed by atoms with van der Waals surface area (Å²) >= 11 is 11.7. The first-order valence-electron chi connectivity index (χ1n) is 6.70. The highest BCUT2D eigenvalue weighted by Crippen LogP contribution is 2.27. The number of carbonyl (C=O) groups excluding carboxylic acids is 1. The zero-order chi connectivity index (χ0) is 17.7. The summed E-state index contributed by atoms with van der Waals surface area (Å²) in [5.74, 6) is -0.279. The first-order valence-corrected chi connectivity index (χ1v) is 7.45. The van der Waals surface area contributed by atoms with Crippen LogP contribution in [0.1, 0.15) is 5.56 Å². The van der Waals surface area contributed by atoms with E-state index in [1.54, 1.807) is 18.2 Å². The minimum Gasteiger partial charge on any atom is -0.507 e. The maximum atomic E-state index is 12.2. The number of anilines is 1. The number of rotatable bonds is 4. The smallest absolute Gasteiger partial charge is 0.266 e. The predicted molar refractivity (Wildman–Crippen MR) is 93.3 cm³/mol. The minimum atomic E-state index is -0.633. The molecule has 0 radical (unpaired) electrons. The Labute approximate surface area is 148 Å². The lowest BCUT2D eigenvalue weighted by Crippen LogP contribution is -2.13. The summed E-state index contributed by atoms with van der Waals surface area (Å²) in [5.41, 5.74) is 0.535. The van der Waals surface area contributed by atoms with Crippen molar-refractivity contribution in [1.82, 2.24) is 0 Å². The van der Waals surface area contributed by atoms with Gasteiger partial charge in [-0.05, 0) is 36.4 Å². The van der Waals surface area contributed by atoms with Gasteiger partial charge >= 0.3 is 0 Å². The lowest BCUT2D eigenvalue weighted by atomic mass is 10.1. The van der Waals surface area contributed by atoms with E-state index in [9.17, 15) is 15.2 Å². The van der Waals surface area contributed by atoms with Crippen LogP contribution in [-0.2, 0) is 4.79 Å². The highest BCUT2D eigenvalue weighted by molar-refractivity contribution is 6.42. The van der Waals surface area contributed by atoms with Crippen molar-refractivity contribution in [3.8, 4) is 17.6 Å². The molecule has 24 heavy (non-hydrogen) atoms. The van der Waals surface area contributed by atoms with E-state index in [-0.39, 0.29) is 16.3 Å². The maximum Gasteiger partial charge on any atom is 0.266 e. The van der Waals surface area contributed by atoms with Crippen LogP contribution in [0.15, 0.2) is 42.0 Å². The average Bonchev–Trinajstić information content (AvgIpc) is 2.56. The molecule has 2 rings (SSSR count). The fraction of sp³-hybridized carbons (Fsp3) is 0.0588. The largest absolute Gasteiger partial charge is 0.507 e. The number of hydrogen-bond acceptors (Lipinski definition) is 4. The Morgan fingerprint density at radius 1 is 1.25 bits per heavy atom. The number of phenolic OH excluding ortho intramolecular Hbond substituents is 1. The number of halogens is 2. The van der Waals surface area contributed by atoms with Crippen LogP contribution in [0, 0.1) is 11.3 Å². The molecular formula is C17H12Cl2N2O3. The summed E-state index contributed by atoms with van der Waals surface area (Å²) in [7, 11) is 1.47. The Balaban J connectivity index is 2.25. The number of carbonyl (C=O) groups is 1. The van der Waals surface area contributed by atoms with E-state index in [0.717, 1.165) is 0 Å². The van der Waals surface area contributed by atoms with Gasteiger partial charge in [0.25, 0.3) is 5.91 Å². The lowest BCUT2D eigenvalue weighted by Gasteiger charge is -2.07. The first-order chi connectivity index (χ1) is 11.4. The van der Waals surface area contributed by atoms with Gasteiger partial charge in [-0.15, -0.1) is 0 Å². The van der Waals surface area contributed by atoms with Gasteiger partial charge in [-0.2, -0.15) is 5.26 Å². The zero-order valence-electron chi connectivity index (χ0n) is 12.5. The summed E-state index contributed by atoms with van der Waals surface area (Å²) in [4.78, 5) is 12.2. The molecule has 0 atom stereocenters. The summed E-state index contributed by atoms with van der Waals surface area (Å²) in [6.45, 7) is 0. The zero-order valence-corrected chi connectivity index (χ0v) is 14.0. The molecule has 5 nitrogen and oxygen atoms in total. The fourth-order valence-corrected chi connectivity index (χ4v) is 2.15. The van der Waals surface area contributed by atoms with Crippen molar-refractivity contribution in [2.45, 2.75) is 0 Å². The second kappa shape index (κ2) is 7.73. The third-order valence-electron chi connectivity index (χ3n) is 3.08. The number of hydrogen-bond donors (Lipinski definition) is 2. The molecule has 0 saturated heterocycles. The van der Waals surface area contributed by atoms with Crippen LogP contribution in [0.3, 0.4) is 0 Å². The Bertz CT molecular complexity index is 857. The molecule has 0 aliphatic carbocycles. The quantitative estimate of drug-likeness (QED) is 0.628. The second-order valence-corrected chi connectivity index (χ2v) is 5.49. The van der Waals surface area contributed by atoms with Crippen molar-refractivity contribution < 1.29 is 14.6 Å². The van der Waals surface area contributed by atoms with Gasteiger partial charge in [0.1, 0.15) is 23.1 Å². The van der Waals surface area contributed by atoms with Gasteiger partial charge in [-0.1, -0.05) is 23.2 Å². The van der Waals surface area contributed by atoms with E-state index in [1.165, 1.54) is 37.5 Å². The normalized spacial score (nSPS) is 10.8. The summed E-state index contributed by atoms with van der Waals surface area (Å²) < 4.78 is 4.98. The number of nitrogens with one attached hydrogen (secondary N) is 1. The van der Waals surface area contributed by atoms with E-state index >= 15 is 0 Å². The summed E-state index contributed by atoms with van der Waals surface area (Å²) in [6.07, 6.45) is 1.28. The van der Waals surface area contributed by atoms with Gasteiger partial charge in [0.2, 0.25) is 0 Å². The van der Waals surface area contributed by atoms with Crippen molar-refractivity contribution in [2.75, 3.05) is 12.4 Å². The Hall–Kier alpha value is -2.68. The number of aromatic hydroxyl groups is 1. The van der Waals surface area contributed by atoms with Gasteiger partial charge in [0.15, 0.2) is 0 Å². The number of benzene rings is 2. The molecule has 2 N–H and O–H groups in total. The number of ether oxygens (including phenoxy) is 1. The van der Waals surface area contributed by atoms with Crippen LogP contribution < -0.4 is 10.1 Å². The van der Waals surface area contributed by atoms with Crippen molar-refractivity contribution in [1.29, 1.82) is 5.26 Å². The molecule has 122 valence electrons. The molecule has 0 saturated carbocycles. The fourth-order valence-electron chi connectivity index (χ4n) is 1.85. The maximum absolute atomic E-state index is 12.2. The number of amides is 1. The second-order valence-electron chi connectivity index (χ2n) is 4.68.